The first-order valence-corrected chi connectivity index (χ1v) is 4.67. The van der Waals surface area contributed by atoms with E-state index in [2.05, 4.69) is 10.1 Å². The van der Waals surface area contributed by atoms with Crippen molar-refractivity contribution in [3.63, 3.8) is 0 Å². The summed E-state index contributed by atoms with van der Waals surface area (Å²) in [7, 11) is 1.80. The van der Waals surface area contributed by atoms with Crippen molar-refractivity contribution in [1.29, 1.82) is 0 Å². The molecule has 0 aromatic carbocycles. The standard InChI is InChI=1S/C10H11N3O2/c1-3-15-10(14)8-4-7-6-12-13(2)9(7)11-5-8/h4-6H,3H2,1-2H3. The monoisotopic (exact) mass is 205 g/mol. The van der Waals surface area contributed by atoms with Crippen LogP contribution in [-0.4, -0.2) is 27.3 Å². The maximum absolute atomic E-state index is 11.4. The maximum atomic E-state index is 11.4. The number of hydrogen-bond donors (Lipinski definition) is 0. The molecule has 15 heavy (non-hydrogen) atoms. The second-order valence-electron chi connectivity index (χ2n) is 3.13. The molecule has 78 valence electrons. The lowest BCUT2D eigenvalue weighted by Crippen LogP contribution is -2.05. The van der Waals surface area contributed by atoms with Crippen molar-refractivity contribution >= 4 is 17.0 Å². The van der Waals surface area contributed by atoms with Gasteiger partial charge in [0, 0.05) is 18.6 Å². The van der Waals surface area contributed by atoms with Gasteiger partial charge in [-0.15, -0.1) is 0 Å². The summed E-state index contributed by atoms with van der Waals surface area (Å²) < 4.78 is 6.53. The van der Waals surface area contributed by atoms with Crippen LogP contribution in [0.4, 0.5) is 0 Å². The molecule has 2 heterocycles. The highest BCUT2D eigenvalue weighted by atomic mass is 16.5. The number of hydrogen-bond acceptors (Lipinski definition) is 4. The van der Waals surface area contributed by atoms with Crippen LogP contribution < -0.4 is 0 Å². The fourth-order valence-electron chi connectivity index (χ4n) is 1.37. The highest BCUT2D eigenvalue weighted by molar-refractivity contribution is 5.92. The van der Waals surface area contributed by atoms with Crippen LogP contribution in [-0.2, 0) is 11.8 Å². The Hall–Kier alpha value is -1.91. The van der Waals surface area contributed by atoms with Crippen LogP contribution in [0.1, 0.15) is 17.3 Å². The van der Waals surface area contributed by atoms with Crippen molar-refractivity contribution in [3.8, 4) is 0 Å². The Bertz CT molecular complexity index is 504. The van der Waals surface area contributed by atoms with Gasteiger partial charge in [-0.2, -0.15) is 5.10 Å². The normalized spacial score (nSPS) is 10.5. The Labute approximate surface area is 86.7 Å². The van der Waals surface area contributed by atoms with Gasteiger partial charge in [-0.1, -0.05) is 0 Å². The van der Waals surface area contributed by atoms with Crippen molar-refractivity contribution in [2.75, 3.05) is 6.61 Å². The van der Waals surface area contributed by atoms with E-state index >= 15 is 0 Å². The molecule has 0 fully saturated rings. The molecular weight excluding hydrogens is 194 g/mol. The number of fused-ring (bicyclic) bond motifs is 1. The Kier molecular flexibility index (Phi) is 2.37. The molecule has 0 N–H and O–H groups in total. The summed E-state index contributed by atoms with van der Waals surface area (Å²) in [4.78, 5) is 15.5. The number of ether oxygens (including phenoxy) is 1. The quantitative estimate of drug-likeness (QED) is 0.690. The summed E-state index contributed by atoms with van der Waals surface area (Å²) in [5.41, 5.74) is 1.21. The number of pyridine rings is 1. The van der Waals surface area contributed by atoms with E-state index in [-0.39, 0.29) is 5.97 Å². The van der Waals surface area contributed by atoms with Crippen LogP contribution in [0.25, 0.3) is 11.0 Å². The van der Waals surface area contributed by atoms with E-state index in [0.29, 0.717) is 12.2 Å². The van der Waals surface area contributed by atoms with Crippen LogP contribution in [0.5, 0.6) is 0 Å². The van der Waals surface area contributed by atoms with E-state index < -0.39 is 0 Å². The summed E-state index contributed by atoms with van der Waals surface area (Å²) >= 11 is 0. The van der Waals surface area contributed by atoms with Gasteiger partial charge in [0.15, 0.2) is 5.65 Å². The lowest BCUT2D eigenvalue weighted by Gasteiger charge is -2.00. The molecular formula is C10H11N3O2. The Morgan fingerprint density at radius 1 is 1.53 bits per heavy atom. The molecule has 5 nitrogen and oxygen atoms in total. The molecule has 0 saturated carbocycles. The molecule has 0 bridgehead atoms. The van der Waals surface area contributed by atoms with E-state index in [1.165, 1.54) is 6.20 Å². The van der Waals surface area contributed by atoms with Crippen LogP contribution >= 0.6 is 0 Å². The zero-order chi connectivity index (χ0) is 10.8. The number of rotatable bonds is 2. The third-order valence-electron chi connectivity index (χ3n) is 2.08. The summed E-state index contributed by atoms with van der Waals surface area (Å²) in [6, 6.07) is 1.73. The van der Waals surface area contributed by atoms with Gasteiger partial charge in [0.25, 0.3) is 0 Å². The zero-order valence-corrected chi connectivity index (χ0v) is 8.60. The third-order valence-corrected chi connectivity index (χ3v) is 2.08. The minimum atomic E-state index is -0.351. The number of carbonyl (C=O) groups excluding carboxylic acids is 1. The molecule has 0 atom stereocenters. The fourth-order valence-corrected chi connectivity index (χ4v) is 1.37. The van der Waals surface area contributed by atoms with Gasteiger partial charge in [0.1, 0.15) is 0 Å². The van der Waals surface area contributed by atoms with Gasteiger partial charge in [-0.3, -0.25) is 4.68 Å². The van der Waals surface area contributed by atoms with E-state index in [4.69, 9.17) is 4.74 Å². The highest BCUT2D eigenvalue weighted by Gasteiger charge is 2.09. The minimum absolute atomic E-state index is 0.351. The Morgan fingerprint density at radius 3 is 3.07 bits per heavy atom. The van der Waals surface area contributed by atoms with Gasteiger partial charge < -0.3 is 4.74 Å². The number of aromatic nitrogens is 3. The first-order chi connectivity index (χ1) is 7.22. The molecule has 2 aromatic heterocycles. The average Bonchev–Trinajstić information content (AvgIpc) is 2.60. The van der Waals surface area contributed by atoms with Crippen LogP contribution in [0.3, 0.4) is 0 Å². The molecule has 2 rings (SSSR count). The van der Waals surface area contributed by atoms with Crippen LogP contribution in [0.15, 0.2) is 18.5 Å². The molecule has 0 aliphatic carbocycles. The van der Waals surface area contributed by atoms with Crippen molar-refractivity contribution in [2.24, 2.45) is 7.05 Å². The Balaban J connectivity index is 2.43. The third kappa shape index (κ3) is 1.68. The minimum Gasteiger partial charge on any atom is -0.462 e. The largest absolute Gasteiger partial charge is 0.462 e. The van der Waals surface area contributed by atoms with Gasteiger partial charge in [0.2, 0.25) is 0 Å². The topological polar surface area (TPSA) is 57.0 Å². The van der Waals surface area contributed by atoms with E-state index in [0.717, 1.165) is 11.0 Å². The van der Waals surface area contributed by atoms with Gasteiger partial charge >= 0.3 is 5.97 Å². The summed E-state index contributed by atoms with van der Waals surface area (Å²) in [6.07, 6.45) is 3.17. The number of aryl methyl sites for hydroxylation is 1. The molecule has 0 spiro atoms. The molecule has 0 aliphatic rings. The number of nitrogens with zero attached hydrogens (tertiary/aromatic N) is 3. The lowest BCUT2D eigenvalue weighted by atomic mass is 10.2. The van der Waals surface area contributed by atoms with E-state index in [1.807, 2.05) is 0 Å². The predicted octanol–water partition coefficient (Wildman–Crippen LogP) is 1.15. The van der Waals surface area contributed by atoms with Gasteiger partial charge in [0.05, 0.1) is 18.4 Å². The molecule has 0 unspecified atom stereocenters. The molecule has 2 aromatic rings. The second kappa shape index (κ2) is 3.68. The summed E-state index contributed by atoms with van der Waals surface area (Å²) in [5, 5.41) is 4.88. The first-order valence-electron chi connectivity index (χ1n) is 4.67. The van der Waals surface area contributed by atoms with Gasteiger partial charge in [-0.25, -0.2) is 9.78 Å². The highest BCUT2D eigenvalue weighted by Crippen LogP contribution is 2.12. The summed E-state index contributed by atoms with van der Waals surface area (Å²) in [5.74, 6) is -0.351. The van der Waals surface area contributed by atoms with Crippen molar-refractivity contribution in [1.82, 2.24) is 14.8 Å². The number of carbonyl (C=O) groups is 1. The zero-order valence-electron chi connectivity index (χ0n) is 8.60. The Morgan fingerprint density at radius 2 is 2.33 bits per heavy atom. The summed E-state index contributed by atoms with van der Waals surface area (Å²) in [6.45, 7) is 2.14. The lowest BCUT2D eigenvalue weighted by molar-refractivity contribution is 0.0526. The first kappa shape index (κ1) is 9.64. The molecule has 0 aliphatic heterocycles. The fraction of sp³-hybridized carbons (Fsp3) is 0.300. The SMILES string of the molecule is CCOC(=O)c1cnc2c(cnn2C)c1. The van der Waals surface area contributed by atoms with Crippen molar-refractivity contribution < 1.29 is 9.53 Å². The van der Waals surface area contributed by atoms with Crippen molar-refractivity contribution in [3.05, 3.63) is 24.0 Å². The van der Waals surface area contributed by atoms with E-state index in [9.17, 15) is 4.79 Å². The molecule has 0 radical (unpaired) electrons. The predicted molar refractivity (Wildman–Crippen MR) is 54.5 cm³/mol. The second-order valence-corrected chi connectivity index (χ2v) is 3.13. The average molecular weight is 205 g/mol. The van der Waals surface area contributed by atoms with Gasteiger partial charge in [-0.05, 0) is 13.0 Å². The van der Waals surface area contributed by atoms with E-state index in [1.54, 1.807) is 30.9 Å². The van der Waals surface area contributed by atoms with Crippen LogP contribution in [0.2, 0.25) is 0 Å². The van der Waals surface area contributed by atoms with Crippen LogP contribution in [0, 0.1) is 0 Å². The smallest absolute Gasteiger partial charge is 0.339 e. The number of esters is 1. The molecule has 5 heteroatoms. The molecule has 0 amide bonds. The maximum Gasteiger partial charge on any atom is 0.339 e. The molecule has 0 saturated heterocycles. The van der Waals surface area contributed by atoms with Crippen molar-refractivity contribution in [2.45, 2.75) is 6.92 Å².